The third kappa shape index (κ3) is 3.88. The molecule has 1 N–H and O–H groups in total. The number of hydrogen-bond donors (Lipinski definition) is 1. The number of rotatable bonds is 5. The molecule has 2 unspecified atom stereocenters. The molecule has 4 rings (SSSR count). The Morgan fingerprint density at radius 3 is 2.56 bits per heavy atom. The van der Waals surface area contributed by atoms with Crippen LogP contribution in [0.2, 0.25) is 0 Å². The summed E-state index contributed by atoms with van der Waals surface area (Å²) in [6.07, 6.45) is 4.64. The summed E-state index contributed by atoms with van der Waals surface area (Å²) in [4.78, 5) is 0. The average molecular weight is 337 g/mol. The Morgan fingerprint density at radius 1 is 1.00 bits per heavy atom. The first-order valence-corrected chi connectivity index (χ1v) is 9.48. The number of hydrogen-bond acceptors (Lipinski definition) is 3. The van der Waals surface area contributed by atoms with E-state index in [0.29, 0.717) is 18.2 Å². The largest absolute Gasteiger partial charge is 0.490 e. The van der Waals surface area contributed by atoms with Gasteiger partial charge in [0.2, 0.25) is 0 Å². The van der Waals surface area contributed by atoms with Crippen molar-refractivity contribution in [1.29, 1.82) is 0 Å². The standard InChI is InChI=1S/C22H27NO2/c1-16(23-22-11-8-18-4-2-3-5-21(18)22)17-6-9-19(10-7-17)25-20-12-14-24-15-13-20/h2-7,9-10,16,20,22-23H,8,11-15H2,1H3. The number of fused-ring (bicyclic) bond motifs is 1. The summed E-state index contributed by atoms with van der Waals surface area (Å²) in [5, 5.41) is 3.79. The van der Waals surface area contributed by atoms with Crippen molar-refractivity contribution in [2.45, 2.75) is 50.8 Å². The second-order valence-corrected chi connectivity index (χ2v) is 7.18. The SMILES string of the molecule is CC(NC1CCc2ccccc21)c1ccc(OC2CCOCC2)cc1. The summed E-state index contributed by atoms with van der Waals surface area (Å²) < 4.78 is 11.5. The van der Waals surface area contributed by atoms with Crippen LogP contribution in [0.4, 0.5) is 0 Å². The number of ether oxygens (including phenoxy) is 2. The predicted octanol–water partition coefficient (Wildman–Crippen LogP) is 4.58. The molecular formula is C22H27NO2. The van der Waals surface area contributed by atoms with Gasteiger partial charge < -0.3 is 14.8 Å². The fourth-order valence-corrected chi connectivity index (χ4v) is 3.95. The van der Waals surface area contributed by atoms with E-state index in [9.17, 15) is 0 Å². The van der Waals surface area contributed by atoms with E-state index >= 15 is 0 Å². The Hall–Kier alpha value is -1.84. The normalized spacial score (nSPS) is 21.7. The topological polar surface area (TPSA) is 30.5 Å². The monoisotopic (exact) mass is 337 g/mol. The van der Waals surface area contributed by atoms with E-state index in [1.807, 2.05) is 0 Å². The van der Waals surface area contributed by atoms with Crippen LogP contribution in [0.25, 0.3) is 0 Å². The van der Waals surface area contributed by atoms with Gasteiger partial charge in [-0.1, -0.05) is 36.4 Å². The van der Waals surface area contributed by atoms with E-state index in [1.165, 1.54) is 29.5 Å². The molecule has 0 saturated carbocycles. The molecule has 1 saturated heterocycles. The number of nitrogens with one attached hydrogen (secondary N) is 1. The van der Waals surface area contributed by atoms with E-state index in [0.717, 1.165) is 31.8 Å². The lowest BCUT2D eigenvalue weighted by Gasteiger charge is -2.24. The third-order valence-electron chi connectivity index (χ3n) is 5.44. The Bertz CT molecular complexity index is 691. The highest BCUT2D eigenvalue weighted by Gasteiger charge is 2.23. The first-order valence-electron chi connectivity index (χ1n) is 9.48. The molecule has 1 aliphatic carbocycles. The molecule has 132 valence electrons. The highest BCUT2D eigenvalue weighted by atomic mass is 16.5. The Balaban J connectivity index is 1.37. The molecule has 2 aromatic rings. The van der Waals surface area contributed by atoms with Gasteiger partial charge in [0.1, 0.15) is 11.9 Å². The maximum atomic E-state index is 6.07. The van der Waals surface area contributed by atoms with Gasteiger partial charge in [-0.15, -0.1) is 0 Å². The van der Waals surface area contributed by atoms with Crippen LogP contribution in [0, 0.1) is 0 Å². The summed E-state index contributed by atoms with van der Waals surface area (Å²) >= 11 is 0. The van der Waals surface area contributed by atoms with Crippen LogP contribution in [0.5, 0.6) is 5.75 Å². The highest BCUT2D eigenvalue weighted by molar-refractivity contribution is 5.35. The molecule has 0 spiro atoms. The van der Waals surface area contributed by atoms with Gasteiger partial charge >= 0.3 is 0 Å². The Labute approximate surface area is 150 Å². The lowest BCUT2D eigenvalue weighted by atomic mass is 10.0. The molecule has 2 aromatic carbocycles. The lowest BCUT2D eigenvalue weighted by molar-refractivity contribution is 0.0255. The molecule has 1 heterocycles. The maximum Gasteiger partial charge on any atom is 0.119 e. The van der Waals surface area contributed by atoms with Crippen LogP contribution < -0.4 is 10.1 Å². The summed E-state index contributed by atoms with van der Waals surface area (Å²) in [5.41, 5.74) is 4.27. The van der Waals surface area contributed by atoms with Gasteiger partial charge in [0.25, 0.3) is 0 Å². The predicted molar refractivity (Wildman–Crippen MR) is 100.0 cm³/mol. The molecule has 3 nitrogen and oxygen atoms in total. The van der Waals surface area contributed by atoms with E-state index in [-0.39, 0.29) is 0 Å². The Kier molecular flexibility index (Phi) is 5.04. The van der Waals surface area contributed by atoms with Crippen LogP contribution in [0.1, 0.15) is 55.0 Å². The molecule has 0 radical (unpaired) electrons. The van der Waals surface area contributed by atoms with Crippen LogP contribution in [0.15, 0.2) is 48.5 Å². The lowest BCUT2D eigenvalue weighted by Crippen LogP contribution is -2.26. The van der Waals surface area contributed by atoms with Gasteiger partial charge in [-0.25, -0.2) is 0 Å². The van der Waals surface area contributed by atoms with Crippen LogP contribution in [0.3, 0.4) is 0 Å². The molecule has 25 heavy (non-hydrogen) atoms. The third-order valence-corrected chi connectivity index (χ3v) is 5.44. The minimum absolute atomic E-state index is 0.296. The minimum Gasteiger partial charge on any atom is -0.490 e. The number of aryl methyl sites for hydroxylation is 1. The van der Waals surface area contributed by atoms with Crippen LogP contribution in [-0.4, -0.2) is 19.3 Å². The second-order valence-electron chi connectivity index (χ2n) is 7.18. The van der Waals surface area contributed by atoms with Crippen molar-refractivity contribution in [2.24, 2.45) is 0 Å². The quantitative estimate of drug-likeness (QED) is 0.866. The van der Waals surface area contributed by atoms with E-state index in [1.54, 1.807) is 0 Å². The first-order chi connectivity index (χ1) is 12.3. The zero-order valence-electron chi connectivity index (χ0n) is 14.9. The maximum absolute atomic E-state index is 6.07. The first kappa shape index (κ1) is 16.6. The van der Waals surface area contributed by atoms with Gasteiger partial charge in [-0.3, -0.25) is 0 Å². The minimum atomic E-state index is 0.296. The summed E-state index contributed by atoms with van der Waals surface area (Å²) in [7, 11) is 0. The summed E-state index contributed by atoms with van der Waals surface area (Å²) in [6.45, 7) is 3.87. The van der Waals surface area contributed by atoms with Crippen molar-refractivity contribution >= 4 is 0 Å². The van der Waals surface area contributed by atoms with Crippen molar-refractivity contribution < 1.29 is 9.47 Å². The molecule has 1 aliphatic heterocycles. The molecule has 2 aliphatic rings. The van der Waals surface area contributed by atoms with Gasteiger partial charge in [0, 0.05) is 24.9 Å². The van der Waals surface area contributed by atoms with E-state index in [4.69, 9.17) is 9.47 Å². The molecule has 0 bridgehead atoms. The highest BCUT2D eigenvalue weighted by Crippen LogP contribution is 2.33. The second kappa shape index (κ2) is 7.59. The molecule has 2 atom stereocenters. The molecule has 3 heteroatoms. The summed E-state index contributed by atoms with van der Waals surface area (Å²) in [5.74, 6) is 0.967. The zero-order chi connectivity index (χ0) is 17.1. The van der Waals surface area contributed by atoms with E-state index in [2.05, 4.69) is 60.8 Å². The van der Waals surface area contributed by atoms with Crippen LogP contribution >= 0.6 is 0 Å². The molecular weight excluding hydrogens is 310 g/mol. The molecule has 0 amide bonds. The fraction of sp³-hybridized carbons (Fsp3) is 0.455. The van der Waals surface area contributed by atoms with Crippen molar-refractivity contribution in [3.8, 4) is 5.75 Å². The van der Waals surface area contributed by atoms with Crippen LogP contribution in [-0.2, 0) is 11.2 Å². The van der Waals surface area contributed by atoms with Crippen molar-refractivity contribution in [3.63, 3.8) is 0 Å². The van der Waals surface area contributed by atoms with Gasteiger partial charge in [0.15, 0.2) is 0 Å². The smallest absolute Gasteiger partial charge is 0.119 e. The van der Waals surface area contributed by atoms with Crippen molar-refractivity contribution in [3.05, 3.63) is 65.2 Å². The molecule has 0 aromatic heterocycles. The number of benzene rings is 2. The zero-order valence-corrected chi connectivity index (χ0v) is 14.9. The van der Waals surface area contributed by atoms with Gasteiger partial charge in [-0.05, 0) is 48.6 Å². The van der Waals surface area contributed by atoms with E-state index < -0.39 is 0 Å². The van der Waals surface area contributed by atoms with Gasteiger partial charge in [0.05, 0.1) is 13.2 Å². The van der Waals surface area contributed by atoms with Crippen molar-refractivity contribution in [2.75, 3.05) is 13.2 Å². The average Bonchev–Trinajstić information content (AvgIpc) is 3.06. The molecule has 1 fully saturated rings. The van der Waals surface area contributed by atoms with Crippen molar-refractivity contribution in [1.82, 2.24) is 5.32 Å². The summed E-state index contributed by atoms with van der Waals surface area (Å²) in [6, 6.07) is 18.2. The Morgan fingerprint density at radius 2 is 1.76 bits per heavy atom. The fourth-order valence-electron chi connectivity index (χ4n) is 3.95. The van der Waals surface area contributed by atoms with Gasteiger partial charge in [-0.2, -0.15) is 0 Å².